The average Bonchev–Trinajstić information content (AvgIpc) is 3.85. The molecule has 4 aromatic rings. The second-order valence-electron chi connectivity index (χ2n) is 17.0. The molecule has 7 rings (SSSR count). The molecular formula is C57H88N4O4. The van der Waals surface area contributed by atoms with E-state index in [1.165, 1.54) is 130 Å². The Labute approximate surface area is 395 Å². The van der Waals surface area contributed by atoms with Gasteiger partial charge in [-0.1, -0.05) is 152 Å². The fourth-order valence-corrected chi connectivity index (χ4v) is 8.59. The van der Waals surface area contributed by atoms with Crippen molar-refractivity contribution in [2.45, 2.75) is 200 Å². The lowest BCUT2D eigenvalue weighted by molar-refractivity contribution is -0.140. The number of benzene rings is 2. The van der Waals surface area contributed by atoms with Gasteiger partial charge in [0.1, 0.15) is 12.1 Å². The van der Waals surface area contributed by atoms with E-state index < -0.39 is 24.0 Å². The minimum absolute atomic E-state index is 0.394. The predicted octanol–water partition coefficient (Wildman–Crippen LogP) is 12.9. The number of nitrogens with one attached hydrogen (secondary N) is 2. The first-order valence-corrected chi connectivity index (χ1v) is 25.7. The summed E-state index contributed by atoms with van der Waals surface area (Å²) in [5.41, 5.74) is 11.2. The summed E-state index contributed by atoms with van der Waals surface area (Å²) in [7, 11) is 3.43. The number of unbranched alkanes of at least 4 members (excludes halogenated alkanes) is 8. The topological polar surface area (TPSA) is 124 Å². The molecule has 3 aliphatic rings. The Morgan fingerprint density at radius 2 is 0.785 bits per heavy atom. The molecule has 0 fully saturated rings. The molecule has 2 aromatic heterocycles. The van der Waals surface area contributed by atoms with Crippen LogP contribution in [0.1, 0.15) is 182 Å². The fourth-order valence-electron chi connectivity index (χ4n) is 8.59. The van der Waals surface area contributed by atoms with Crippen LogP contribution < -0.4 is 10.6 Å². The summed E-state index contributed by atoms with van der Waals surface area (Å²) in [5, 5.41) is 23.6. The highest BCUT2D eigenvalue weighted by Crippen LogP contribution is 2.23. The Morgan fingerprint density at radius 1 is 0.446 bits per heavy atom. The zero-order chi connectivity index (χ0) is 47.3. The van der Waals surface area contributed by atoms with Gasteiger partial charge in [0.15, 0.2) is 0 Å². The van der Waals surface area contributed by atoms with Crippen molar-refractivity contribution in [1.82, 2.24) is 20.6 Å². The monoisotopic (exact) mass is 893 g/mol. The van der Waals surface area contributed by atoms with E-state index in [2.05, 4.69) is 59.2 Å². The number of nitrogens with zero attached hydrogens (tertiary/aromatic N) is 2. The predicted molar refractivity (Wildman–Crippen MR) is 273 cm³/mol. The van der Waals surface area contributed by atoms with Crippen molar-refractivity contribution < 1.29 is 19.8 Å². The van der Waals surface area contributed by atoms with Gasteiger partial charge < -0.3 is 20.8 Å². The molecule has 0 radical (unpaired) electrons. The SMILES string of the molecule is CC.CC.CNC(CCCCCCCc1ccc2c(n1)CCCC2)C(=O)O.CNC(CCCCCCCc1ccc2c(n1)CCCC2)C(=O)O.c1ccc2c(c1)CCC2.c1ccccc1. The van der Waals surface area contributed by atoms with Crippen LogP contribution in [0.25, 0.3) is 0 Å². The number of fused-ring (bicyclic) bond motifs is 3. The van der Waals surface area contributed by atoms with E-state index in [9.17, 15) is 9.59 Å². The largest absolute Gasteiger partial charge is 0.480 e. The summed E-state index contributed by atoms with van der Waals surface area (Å²) < 4.78 is 0. The Bertz CT molecular complexity index is 1680. The van der Waals surface area contributed by atoms with Crippen molar-refractivity contribution in [3.8, 4) is 0 Å². The highest BCUT2D eigenvalue weighted by molar-refractivity contribution is 5.73. The first kappa shape index (κ1) is 56.7. The zero-order valence-electron chi connectivity index (χ0n) is 41.5. The Kier molecular flexibility index (Phi) is 32.1. The van der Waals surface area contributed by atoms with Crippen molar-refractivity contribution in [3.05, 3.63) is 130 Å². The van der Waals surface area contributed by atoms with Crippen LogP contribution in [-0.2, 0) is 61.0 Å². The van der Waals surface area contributed by atoms with E-state index >= 15 is 0 Å². The van der Waals surface area contributed by atoms with Crippen LogP contribution in [0.2, 0.25) is 0 Å². The molecule has 4 N–H and O–H groups in total. The molecule has 0 saturated heterocycles. The van der Waals surface area contributed by atoms with Gasteiger partial charge in [0.25, 0.3) is 0 Å². The molecule has 8 heteroatoms. The van der Waals surface area contributed by atoms with Gasteiger partial charge in [-0.15, -0.1) is 0 Å². The second kappa shape index (κ2) is 36.8. The van der Waals surface area contributed by atoms with Gasteiger partial charge in [0, 0.05) is 22.8 Å². The molecule has 2 heterocycles. The number of aromatic nitrogens is 2. The minimum Gasteiger partial charge on any atom is -0.480 e. The summed E-state index contributed by atoms with van der Waals surface area (Å²) in [6, 6.07) is 28.9. The maximum absolute atomic E-state index is 10.9. The van der Waals surface area contributed by atoms with Gasteiger partial charge in [0.2, 0.25) is 0 Å². The number of carbonyl (C=O) groups is 2. The van der Waals surface area contributed by atoms with Crippen LogP contribution in [0.5, 0.6) is 0 Å². The zero-order valence-corrected chi connectivity index (χ0v) is 41.5. The number of pyridine rings is 2. The van der Waals surface area contributed by atoms with Crippen molar-refractivity contribution in [3.63, 3.8) is 0 Å². The maximum atomic E-state index is 10.9. The van der Waals surface area contributed by atoms with Crippen LogP contribution in [0.15, 0.2) is 84.9 Å². The van der Waals surface area contributed by atoms with Crippen molar-refractivity contribution in [2.75, 3.05) is 14.1 Å². The summed E-state index contributed by atoms with van der Waals surface area (Å²) in [5.74, 6) is -1.49. The van der Waals surface area contributed by atoms with Crippen LogP contribution in [-0.4, -0.2) is 58.3 Å². The Hall–Kier alpha value is -4.40. The van der Waals surface area contributed by atoms with Crippen molar-refractivity contribution in [1.29, 1.82) is 0 Å². The standard InChI is InChI=1S/2C19H30N2O2.C9H10.C6H6.2C2H6/c2*1-20-18(19(22)23)12-6-4-2-3-5-10-16-14-13-15-9-7-8-11-17(15)21-16;1-2-5-9-7-3-6-8(9)4-1;1-2-4-6-5-3-1;2*1-2/h2*13-14,18,20H,2-12H2,1H3,(H,22,23);1-2,4-5H,3,6-7H2;1-6H;2*1-2H3. The number of likely N-dealkylation sites (N-methyl/N-ethyl adjacent to an activating group) is 2. The molecule has 3 aliphatic carbocycles. The van der Waals surface area contributed by atoms with Gasteiger partial charge in [0.05, 0.1) is 0 Å². The maximum Gasteiger partial charge on any atom is 0.320 e. The normalized spacial score (nSPS) is 13.8. The number of aryl methyl sites for hydroxylation is 8. The Balaban J connectivity index is 0.000000320. The van der Waals surface area contributed by atoms with E-state index in [0.29, 0.717) is 0 Å². The molecule has 2 atom stereocenters. The quantitative estimate of drug-likeness (QED) is 0.0647. The number of aliphatic carboxylic acids is 2. The van der Waals surface area contributed by atoms with E-state index in [0.717, 1.165) is 64.2 Å². The molecule has 0 aliphatic heterocycles. The second-order valence-corrected chi connectivity index (χ2v) is 17.0. The number of rotatable bonds is 20. The van der Waals surface area contributed by atoms with Gasteiger partial charge in [-0.3, -0.25) is 19.6 Å². The van der Waals surface area contributed by atoms with Crippen molar-refractivity contribution in [2.24, 2.45) is 0 Å². The highest BCUT2D eigenvalue weighted by atomic mass is 16.4. The molecule has 0 amide bonds. The third kappa shape index (κ3) is 24.1. The minimum atomic E-state index is -0.744. The summed E-state index contributed by atoms with van der Waals surface area (Å²) in [6.45, 7) is 8.00. The van der Waals surface area contributed by atoms with Gasteiger partial charge in [-0.05, 0) is 158 Å². The average molecular weight is 893 g/mol. The molecular weight excluding hydrogens is 805 g/mol. The third-order valence-corrected chi connectivity index (χ3v) is 12.3. The summed E-state index contributed by atoms with van der Waals surface area (Å²) in [6.07, 6.45) is 28.8. The Morgan fingerprint density at radius 3 is 1.15 bits per heavy atom. The molecule has 360 valence electrons. The van der Waals surface area contributed by atoms with Gasteiger partial charge in [-0.25, -0.2) is 0 Å². The lowest BCUT2D eigenvalue weighted by Gasteiger charge is -2.15. The molecule has 65 heavy (non-hydrogen) atoms. The van der Waals surface area contributed by atoms with Crippen LogP contribution >= 0.6 is 0 Å². The number of carboxylic acids is 2. The van der Waals surface area contributed by atoms with E-state index in [1.54, 1.807) is 25.2 Å². The molecule has 8 nitrogen and oxygen atoms in total. The molecule has 2 unspecified atom stereocenters. The number of hydrogen-bond donors (Lipinski definition) is 4. The van der Waals surface area contributed by atoms with Crippen molar-refractivity contribution >= 4 is 11.9 Å². The smallest absolute Gasteiger partial charge is 0.320 e. The van der Waals surface area contributed by atoms with Gasteiger partial charge in [-0.2, -0.15) is 0 Å². The van der Waals surface area contributed by atoms with Crippen LogP contribution in [0.4, 0.5) is 0 Å². The van der Waals surface area contributed by atoms with Crippen LogP contribution in [0, 0.1) is 0 Å². The van der Waals surface area contributed by atoms with Crippen LogP contribution in [0.3, 0.4) is 0 Å². The summed E-state index contributed by atoms with van der Waals surface area (Å²) in [4.78, 5) is 31.4. The van der Waals surface area contributed by atoms with E-state index in [-0.39, 0.29) is 0 Å². The number of hydrogen-bond acceptors (Lipinski definition) is 6. The molecule has 0 saturated carbocycles. The van der Waals surface area contributed by atoms with E-state index in [1.807, 2.05) is 64.1 Å². The molecule has 2 aromatic carbocycles. The number of carboxylic acid groups (broad SMARTS) is 2. The highest BCUT2D eigenvalue weighted by Gasteiger charge is 2.15. The van der Waals surface area contributed by atoms with Gasteiger partial charge >= 0.3 is 11.9 Å². The lowest BCUT2D eigenvalue weighted by Crippen LogP contribution is -2.33. The third-order valence-electron chi connectivity index (χ3n) is 12.3. The fraction of sp³-hybridized carbons (Fsp3) is 0.579. The van der Waals surface area contributed by atoms with E-state index in [4.69, 9.17) is 20.2 Å². The first-order chi connectivity index (χ1) is 31.9. The molecule has 0 bridgehead atoms. The lowest BCUT2D eigenvalue weighted by atomic mass is 9.95. The molecule has 0 spiro atoms. The summed E-state index contributed by atoms with van der Waals surface area (Å²) >= 11 is 0. The first-order valence-electron chi connectivity index (χ1n) is 25.7.